The van der Waals surface area contributed by atoms with E-state index in [9.17, 15) is 4.79 Å². The van der Waals surface area contributed by atoms with Crippen LogP contribution in [-0.2, 0) is 11.8 Å². The van der Waals surface area contributed by atoms with Gasteiger partial charge in [-0.15, -0.1) is 24.0 Å². The Labute approximate surface area is 185 Å². The molecule has 2 aliphatic rings. The second kappa shape index (κ2) is 11.0. The van der Waals surface area contributed by atoms with E-state index in [1.54, 1.807) is 22.8 Å². The molecule has 0 spiro atoms. The number of aromatic nitrogens is 2. The van der Waals surface area contributed by atoms with Gasteiger partial charge < -0.3 is 20.0 Å². The largest absolute Gasteiger partial charge is 0.356 e. The van der Waals surface area contributed by atoms with Crippen molar-refractivity contribution in [3.63, 3.8) is 0 Å². The Morgan fingerprint density at radius 3 is 2.61 bits per heavy atom. The Morgan fingerprint density at radius 1 is 1.25 bits per heavy atom. The lowest BCUT2D eigenvalue weighted by atomic mass is 10.1. The smallest absolute Gasteiger partial charge is 0.246 e. The number of nitrogens with one attached hydrogen (secondary N) is 1. The van der Waals surface area contributed by atoms with Crippen LogP contribution in [0.2, 0.25) is 0 Å². The molecule has 2 fully saturated rings. The lowest BCUT2D eigenvalue weighted by Crippen LogP contribution is -2.56. The number of anilines is 1. The minimum absolute atomic E-state index is 0. The number of guanidine groups is 1. The number of piperidine rings is 1. The topological polar surface area (TPSA) is 69.0 Å². The minimum Gasteiger partial charge on any atom is -0.356 e. The molecule has 3 rings (SSSR count). The maximum absolute atomic E-state index is 12.6. The van der Waals surface area contributed by atoms with Crippen LogP contribution in [0.3, 0.4) is 0 Å². The van der Waals surface area contributed by atoms with Gasteiger partial charge in [0.2, 0.25) is 5.91 Å². The predicted molar refractivity (Wildman–Crippen MR) is 123 cm³/mol. The lowest BCUT2D eigenvalue weighted by molar-refractivity contribution is -0.120. The van der Waals surface area contributed by atoms with Crippen LogP contribution in [-0.4, -0.2) is 84.3 Å². The van der Waals surface area contributed by atoms with Gasteiger partial charge >= 0.3 is 0 Å². The molecular weight excluding hydrogens is 469 g/mol. The number of aliphatic imine (C=N–C) groups is 1. The predicted octanol–water partition coefficient (Wildman–Crippen LogP) is 1.38. The molecule has 9 heteroatoms. The molecule has 1 aromatic rings. The summed E-state index contributed by atoms with van der Waals surface area (Å²) in [6.45, 7) is 8.48. The Hall–Kier alpha value is -1.36. The van der Waals surface area contributed by atoms with Crippen LogP contribution in [0.5, 0.6) is 0 Å². The first kappa shape index (κ1) is 22.9. The zero-order valence-electron chi connectivity index (χ0n) is 17.3. The number of amides is 1. The fraction of sp³-hybridized carbons (Fsp3) is 0.737. The van der Waals surface area contributed by atoms with Crippen molar-refractivity contribution in [3.05, 3.63) is 12.4 Å². The first-order valence-corrected chi connectivity index (χ1v) is 10.0. The molecule has 8 nitrogen and oxygen atoms in total. The van der Waals surface area contributed by atoms with Crippen molar-refractivity contribution in [1.82, 2.24) is 24.9 Å². The van der Waals surface area contributed by atoms with Gasteiger partial charge in [0.15, 0.2) is 5.96 Å². The van der Waals surface area contributed by atoms with Gasteiger partial charge in [0.05, 0.1) is 11.9 Å². The van der Waals surface area contributed by atoms with Gasteiger partial charge in [-0.05, 0) is 31.8 Å². The van der Waals surface area contributed by atoms with E-state index in [2.05, 4.69) is 27.2 Å². The van der Waals surface area contributed by atoms with Gasteiger partial charge in [-0.3, -0.25) is 14.5 Å². The van der Waals surface area contributed by atoms with E-state index in [0.717, 1.165) is 31.3 Å². The number of rotatable bonds is 5. The summed E-state index contributed by atoms with van der Waals surface area (Å²) in [5.41, 5.74) is 0.861. The van der Waals surface area contributed by atoms with Gasteiger partial charge in [-0.25, -0.2) is 0 Å². The van der Waals surface area contributed by atoms with Crippen LogP contribution in [0.25, 0.3) is 0 Å². The third-order valence-electron chi connectivity index (χ3n) is 5.36. The summed E-state index contributed by atoms with van der Waals surface area (Å²) in [6, 6.07) is 0. The average molecular weight is 503 g/mol. The minimum atomic E-state index is 0. The van der Waals surface area contributed by atoms with E-state index < -0.39 is 0 Å². The summed E-state index contributed by atoms with van der Waals surface area (Å²) in [6.07, 6.45) is 7.64. The molecule has 2 aliphatic heterocycles. The second-order valence-electron chi connectivity index (χ2n) is 7.73. The van der Waals surface area contributed by atoms with E-state index in [4.69, 9.17) is 0 Å². The molecule has 1 N–H and O–H groups in total. The molecule has 0 radical (unpaired) electrons. The van der Waals surface area contributed by atoms with Gasteiger partial charge in [-0.2, -0.15) is 5.10 Å². The van der Waals surface area contributed by atoms with Crippen molar-refractivity contribution in [1.29, 1.82) is 0 Å². The molecule has 0 bridgehead atoms. The Balaban J connectivity index is 0.00000280. The molecule has 2 saturated heterocycles. The summed E-state index contributed by atoms with van der Waals surface area (Å²) in [7, 11) is 3.65. The highest BCUT2D eigenvalue weighted by Crippen LogP contribution is 2.16. The standard InChI is InChI=1S/C19H33N7O.HI/c1-16(13-24-7-5-4-6-8-24)11-21-19(20-2)25-9-10-26(18(27)15-25)17-12-22-23(3)14-17;/h12,14,16H,4-11,13,15H2,1-3H3,(H,20,21);1H. The SMILES string of the molecule is CN=C(NCC(C)CN1CCCCC1)N1CCN(c2cnn(C)c2)C(=O)C1.I. The van der Waals surface area contributed by atoms with Crippen LogP contribution in [0, 0.1) is 5.92 Å². The number of hydrogen-bond acceptors (Lipinski definition) is 4. The number of nitrogens with zero attached hydrogens (tertiary/aromatic N) is 6. The number of piperazine rings is 1. The third-order valence-corrected chi connectivity index (χ3v) is 5.36. The Bertz CT molecular complexity index is 656. The molecule has 158 valence electrons. The summed E-state index contributed by atoms with van der Waals surface area (Å²) in [5.74, 6) is 1.45. The normalized spacial score (nSPS) is 20.1. The van der Waals surface area contributed by atoms with Gasteiger partial charge in [0.1, 0.15) is 6.54 Å². The van der Waals surface area contributed by atoms with Crippen LogP contribution in [0.1, 0.15) is 26.2 Å². The van der Waals surface area contributed by atoms with Crippen LogP contribution >= 0.6 is 24.0 Å². The molecule has 0 aliphatic carbocycles. The summed E-state index contributed by atoms with van der Waals surface area (Å²) in [4.78, 5) is 23.4. The first-order chi connectivity index (χ1) is 13.1. The zero-order valence-corrected chi connectivity index (χ0v) is 19.6. The van der Waals surface area contributed by atoms with Gasteiger partial charge in [0.25, 0.3) is 0 Å². The number of carbonyl (C=O) groups is 1. The molecular formula is C19H34IN7O. The number of aryl methyl sites for hydroxylation is 1. The average Bonchev–Trinajstić information content (AvgIpc) is 3.09. The van der Waals surface area contributed by atoms with Crippen LogP contribution < -0.4 is 10.2 Å². The lowest BCUT2D eigenvalue weighted by Gasteiger charge is -2.36. The fourth-order valence-corrected chi connectivity index (χ4v) is 3.92. The third kappa shape index (κ3) is 6.07. The van der Waals surface area contributed by atoms with E-state index in [-0.39, 0.29) is 29.9 Å². The quantitative estimate of drug-likeness (QED) is 0.374. The van der Waals surface area contributed by atoms with Gasteiger partial charge in [0, 0.05) is 46.5 Å². The van der Waals surface area contributed by atoms with Crippen molar-refractivity contribution in [2.24, 2.45) is 18.0 Å². The zero-order chi connectivity index (χ0) is 19.2. The molecule has 1 amide bonds. The fourth-order valence-electron chi connectivity index (χ4n) is 3.92. The maximum atomic E-state index is 12.6. The number of likely N-dealkylation sites (tertiary alicyclic amines) is 1. The number of halogens is 1. The van der Waals surface area contributed by atoms with E-state index >= 15 is 0 Å². The van der Waals surface area contributed by atoms with E-state index in [1.807, 2.05) is 18.1 Å². The van der Waals surface area contributed by atoms with E-state index in [0.29, 0.717) is 19.0 Å². The van der Waals surface area contributed by atoms with Crippen molar-refractivity contribution < 1.29 is 4.79 Å². The molecule has 3 heterocycles. The molecule has 28 heavy (non-hydrogen) atoms. The van der Waals surface area contributed by atoms with Crippen molar-refractivity contribution in [3.8, 4) is 0 Å². The maximum Gasteiger partial charge on any atom is 0.246 e. The first-order valence-electron chi connectivity index (χ1n) is 10.0. The second-order valence-corrected chi connectivity index (χ2v) is 7.73. The Morgan fingerprint density at radius 2 is 2.00 bits per heavy atom. The molecule has 1 unspecified atom stereocenters. The van der Waals surface area contributed by atoms with Crippen molar-refractivity contribution in [2.45, 2.75) is 26.2 Å². The van der Waals surface area contributed by atoms with Crippen molar-refractivity contribution >= 4 is 41.5 Å². The number of carbonyl (C=O) groups excluding carboxylic acids is 1. The van der Waals surface area contributed by atoms with Crippen LogP contribution in [0.4, 0.5) is 5.69 Å². The van der Waals surface area contributed by atoms with Gasteiger partial charge in [-0.1, -0.05) is 13.3 Å². The summed E-state index contributed by atoms with van der Waals surface area (Å²) < 4.78 is 1.72. The van der Waals surface area contributed by atoms with Crippen molar-refractivity contribution in [2.75, 3.05) is 57.8 Å². The Kier molecular flexibility index (Phi) is 9.00. The highest BCUT2D eigenvalue weighted by Gasteiger charge is 2.27. The molecule has 0 aromatic carbocycles. The number of hydrogen-bond donors (Lipinski definition) is 1. The monoisotopic (exact) mass is 503 g/mol. The van der Waals surface area contributed by atoms with E-state index in [1.165, 1.54) is 32.4 Å². The van der Waals surface area contributed by atoms with Crippen LogP contribution in [0.15, 0.2) is 17.4 Å². The molecule has 1 atom stereocenters. The summed E-state index contributed by atoms with van der Waals surface area (Å²) in [5, 5.41) is 7.63. The molecule has 1 aromatic heterocycles. The summed E-state index contributed by atoms with van der Waals surface area (Å²) >= 11 is 0. The highest BCUT2D eigenvalue weighted by molar-refractivity contribution is 14.0. The molecule has 0 saturated carbocycles. The highest BCUT2D eigenvalue weighted by atomic mass is 127.